The summed E-state index contributed by atoms with van der Waals surface area (Å²) in [6, 6.07) is 17.0. The summed E-state index contributed by atoms with van der Waals surface area (Å²) < 4.78 is 0. The van der Waals surface area contributed by atoms with E-state index in [0.717, 1.165) is 11.1 Å². The summed E-state index contributed by atoms with van der Waals surface area (Å²) in [5, 5.41) is 14.7. The van der Waals surface area contributed by atoms with Gasteiger partial charge in [-0.1, -0.05) is 60.1 Å². The molecular weight excluding hydrogens is 396 g/mol. The lowest BCUT2D eigenvalue weighted by atomic mass is 9.95. The topological polar surface area (TPSA) is 79.3 Å². The third-order valence-corrected chi connectivity index (χ3v) is 5.39. The molecule has 3 rings (SSSR count). The van der Waals surface area contributed by atoms with E-state index in [4.69, 9.17) is 11.6 Å². The van der Waals surface area contributed by atoms with Gasteiger partial charge in [0, 0.05) is 21.9 Å². The molecule has 0 radical (unpaired) electrons. The molecule has 1 aromatic heterocycles. The van der Waals surface area contributed by atoms with Crippen molar-refractivity contribution in [2.45, 2.75) is 19.3 Å². The van der Waals surface area contributed by atoms with Crippen LogP contribution in [-0.2, 0) is 16.0 Å². The number of carbonyl (C=O) groups excluding carboxylic acids is 1. The smallest absolute Gasteiger partial charge is 0.304 e. The third kappa shape index (κ3) is 5.41. The van der Waals surface area contributed by atoms with Crippen LogP contribution < -0.4 is 5.32 Å². The van der Waals surface area contributed by atoms with Crippen LogP contribution in [0.3, 0.4) is 0 Å². The Morgan fingerprint density at radius 1 is 1.11 bits per heavy atom. The quantitative estimate of drug-likeness (QED) is 0.535. The van der Waals surface area contributed by atoms with Gasteiger partial charge < -0.3 is 10.4 Å². The molecule has 0 saturated heterocycles. The van der Waals surface area contributed by atoms with E-state index in [2.05, 4.69) is 10.3 Å². The minimum Gasteiger partial charge on any atom is -0.481 e. The molecule has 5 nitrogen and oxygen atoms in total. The van der Waals surface area contributed by atoms with Crippen LogP contribution in [0, 0.1) is 5.92 Å². The molecule has 144 valence electrons. The maximum atomic E-state index is 12.6. The highest BCUT2D eigenvalue weighted by Crippen LogP contribution is 2.30. The van der Waals surface area contributed by atoms with E-state index in [1.54, 1.807) is 6.07 Å². The number of aliphatic carboxylic acids is 1. The van der Waals surface area contributed by atoms with Crippen molar-refractivity contribution >= 4 is 39.9 Å². The summed E-state index contributed by atoms with van der Waals surface area (Å²) in [5.41, 5.74) is 2.53. The predicted molar refractivity (Wildman–Crippen MR) is 112 cm³/mol. The molecule has 28 heavy (non-hydrogen) atoms. The summed E-state index contributed by atoms with van der Waals surface area (Å²) in [7, 11) is 0. The Hall–Kier alpha value is -2.70. The number of aryl methyl sites for hydroxylation is 1. The molecule has 0 saturated carbocycles. The van der Waals surface area contributed by atoms with Crippen molar-refractivity contribution in [3.8, 4) is 11.3 Å². The number of thiazole rings is 1. The van der Waals surface area contributed by atoms with Crippen LogP contribution in [0.2, 0.25) is 5.02 Å². The van der Waals surface area contributed by atoms with Gasteiger partial charge in [-0.05, 0) is 24.5 Å². The number of amides is 1. The van der Waals surface area contributed by atoms with Crippen LogP contribution in [-0.4, -0.2) is 22.0 Å². The normalized spacial score (nSPS) is 11.8. The summed E-state index contributed by atoms with van der Waals surface area (Å²) in [5.74, 6) is -1.96. The van der Waals surface area contributed by atoms with Gasteiger partial charge in [-0.15, -0.1) is 11.3 Å². The zero-order valence-corrected chi connectivity index (χ0v) is 16.5. The molecule has 1 atom stereocenters. The molecule has 3 aromatic rings. The molecule has 2 aromatic carbocycles. The number of aromatic nitrogens is 1. The Morgan fingerprint density at radius 3 is 2.54 bits per heavy atom. The monoisotopic (exact) mass is 414 g/mol. The van der Waals surface area contributed by atoms with Crippen molar-refractivity contribution < 1.29 is 14.7 Å². The Morgan fingerprint density at radius 2 is 1.82 bits per heavy atom. The first-order valence-electron chi connectivity index (χ1n) is 8.80. The van der Waals surface area contributed by atoms with E-state index in [0.29, 0.717) is 28.7 Å². The van der Waals surface area contributed by atoms with Crippen LogP contribution in [0.5, 0.6) is 0 Å². The molecular formula is C21H19ClN2O3S. The minimum atomic E-state index is -0.996. The van der Waals surface area contributed by atoms with Gasteiger partial charge >= 0.3 is 5.97 Å². The average molecular weight is 415 g/mol. The largest absolute Gasteiger partial charge is 0.481 e. The summed E-state index contributed by atoms with van der Waals surface area (Å²) in [4.78, 5) is 28.3. The van der Waals surface area contributed by atoms with Crippen LogP contribution in [0.15, 0.2) is 60.0 Å². The Bertz CT molecular complexity index is 959. The number of anilines is 1. The highest BCUT2D eigenvalue weighted by molar-refractivity contribution is 7.14. The standard InChI is InChI=1S/C21H19ClN2O3S/c22-17-9-5-4-8-16(17)18-13-28-21(23-18)24-20(27)15(12-19(25)26)11-10-14-6-2-1-3-7-14/h1-9,13,15H,10-12H2,(H,25,26)(H,23,24,27)/t15-/m0/s1. The number of nitrogens with one attached hydrogen (secondary N) is 1. The SMILES string of the molecule is O=C(O)C[C@H](CCc1ccccc1)C(=O)Nc1nc(-c2ccccc2Cl)cs1. The van der Waals surface area contributed by atoms with Gasteiger partial charge in [0.15, 0.2) is 5.13 Å². The van der Waals surface area contributed by atoms with Gasteiger partial charge in [0.25, 0.3) is 0 Å². The molecule has 0 aliphatic heterocycles. The molecule has 0 spiro atoms. The van der Waals surface area contributed by atoms with Crippen molar-refractivity contribution in [3.05, 3.63) is 70.6 Å². The summed E-state index contributed by atoms with van der Waals surface area (Å²) in [6.07, 6.45) is 0.862. The summed E-state index contributed by atoms with van der Waals surface area (Å²) in [6.45, 7) is 0. The maximum absolute atomic E-state index is 12.6. The second kappa shape index (κ2) is 9.48. The Kier molecular flexibility index (Phi) is 6.79. The minimum absolute atomic E-state index is 0.221. The van der Waals surface area contributed by atoms with Crippen molar-refractivity contribution in [2.75, 3.05) is 5.32 Å². The second-order valence-electron chi connectivity index (χ2n) is 6.33. The summed E-state index contributed by atoms with van der Waals surface area (Å²) >= 11 is 7.48. The highest BCUT2D eigenvalue weighted by atomic mass is 35.5. The van der Waals surface area contributed by atoms with Crippen molar-refractivity contribution in [1.29, 1.82) is 0 Å². The Balaban J connectivity index is 1.68. The zero-order valence-electron chi connectivity index (χ0n) is 15.0. The van der Waals surface area contributed by atoms with E-state index < -0.39 is 11.9 Å². The number of hydrogen-bond acceptors (Lipinski definition) is 4. The van der Waals surface area contributed by atoms with Crippen molar-refractivity contribution in [3.63, 3.8) is 0 Å². The molecule has 7 heteroatoms. The maximum Gasteiger partial charge on any atom is 0.304 e. The zero-order chi connectivity index (χ0) is 19.9. The van der Waals surface area contributed by atoms with Gasteiger partial charge in [0.05, 0.1) is 12.1 Å². The molecule has 0 aliphatic carbocycles. The third-order valence-electron chi connectivity index (χ3n) is 4.30. The fourth-order valence-electron chi connectivity index (χ4n) is 2.85. The number of hydrogen-bond donors (Lipinski definition) is 2. The number of carbonyl (C=O) groups is 2. The Labute approximate surface area is 172 Å². The molecule has 0 fully saturated rings. The molecule has 0 bridgehead atoms. The van der Waals surface area contributed by atoms with Gasteiger partial charge in [0.1, 0.15) is 0 Å². The van der Waals surface area contributed by atoms with E-state index in [1.807, 2.05) is 53.9 Å². The predicted octanol–water partition coefficient (Wildman–Crippen LogP) is 5.13. The fourth-order valence-corrected chi connectivity index (χ4v) is 3.80. The first-order chi connectivity index (χ1) is 13.5. The second-order valence-corrected chi connectivity index (χ2v) is 7.59. The highest BCUT2D eigenvalue weighted by Gasteiger charge is 2.23. The number of rotatable bonds is 8. The first kappa shape index (κ1) is 20.0. The lowest BCUT2D eigenvalue weighted by Gasteiger charge is -2.14. The lowest BCUT2D eigenvalue weighted by molar-refractivity contribution is -0.140. The van der Waals surface area contributed by atoms with Crippen LogP contribution in [0.4, 0.5) is 5.13 Å². The number of halogens is 1. The van der Waals surface area contributed by atoms with Crippen LogP contribution >= 0.6 is 22.9 Å². The van der Waals surface area contributed by atoms with Gasteiger partial charge in [-0.25, -0.2) is 4.98 Å². The van der Waals surface area contributed by atoms with Gasteiger partial charge in [-0.2, -0.15) is 0 Å². The molecule has 2 N–H and O–H groups in total. The number of carboxylic acid groups (broad SMARTS) is 1. The van der Waals surface area contributed by atoms with Gasteiger partial charge in [-0.3, -0.25) is 9.59 Å². The van der Waals surface area contributed by atoms with E-state index in [-0.39, 0.29) is 12.3 Å². The fraction of sp³-hybridized carbons (Fsp3) is 0.190. The van der Waals surface area contributed by atoms with Crippen molar-refractivity contribution in [1.82, 2.24) is 4.98 Å². The number of benzene rings is 2. The number of nitrogens with zero attached hydrogens (tertiary/aromatic N) is 1. The molecule has 1 amide bonds. The first-order valence-corrected chi connectivity index (χ1v) is 10.1. The molecule has 0 aliphatic rings. The lowest BCUT2D eigenvalue weighted by Crippen LogP contribution is -2.25. The molecule has 0 unspecified atom stereocenters. The van der Waals surface area contributed by atoms with Gasteiger partial charge in [0.2, 0.25) is 5.91 Å². The van der Waals surface area contributed by atoms with E-state index in [1.165, 1.54) is 11.3 Å². The number of carboxylic acids is 1. The van der Waals surface area contributed by atoms with E-state index >= 15 is 0 Å². The van der Waals surface area contributed by atoms with Crippen molar-refractivity contribution in [2.24, 2.45) is 5.92 Å². The van der Waals surface area contributed by atoms with E-state index in [9.17, 15) is 14.7 Å². The van der Waals surface area contributed by atoms with Crippen LogP contribution in [0.1, 0.15) is 18.4 Å². The average Bonchev–Trinajstić information content (AvgIpc) is 3.14. The molecule has 1 heterocycles. The van der Waals surface area contributed by atoms with Crippen LogP contribution in [0.25, 0.3) is 11.3 Å².